The molecule has 0 bridgehead atoms. The van der Waals surface area contributed by atoms with Gasteiger partial charge < -0.3 is 0 Å². The maximum Gasteiger partial charge on any atom is 0.129 e. The second kappa shape index (κ2) is 6.13. The molecule has 1 aliphatic rings. The van der Waals surface area contributed by atoms with E-state index in [-0.39, 0.29) is 0 Å². The predicted molar refractivity (Wildman–Crippen MR) is 83.1 cm³/mol. The maximum atomic E-state index is 6.11. The third-order valence-corrected chi connectivity index (χ3v) is 4.22. The Balaban J connectivity index is 1.79. The summed E-state index contributed by atoms with van der Waals surface area (Å²) in [5.74, 6) is 0. The first-order chi connectivity index (χ1) is 9.72. The molecular weight excluding hydrogens is 291 g/mol. The van der Waals surface area contributed by atoms with Crippen LogP contribution in [0, 0.1) is 0 Å². The van der Waals surface area contributed by atoms with E-state index >= 15 is 0 Å². The Kier molecular flexibility index (Phi) is 4.25. The molecule has 0 radical (unpaired) electrons. The lowest BCUT2D eigenvalue weighted by Gasteiger charge is -2.25. The van der Waals surface area contributed by atoms with Crippen molar-refractivity contribution < 1.29 is 0 Å². The summed E-state index contributed by atoms with van der Waals surface area (Å²) >= 11 is 12.1. The lowest BCUT2D eigenvalue weighted by Crippen LogP contribution is -2.22. The molecule has 1 fully saturated rings. The van der Waals surface area contributed by atoms with Gasteiger partial charge in [0.05, 0.1) is 0 Å². The summed E-state index contributed by atoms with van der Waals surface area (Å²) in [6, 6.07) is 12.6. The van der Waals surface area contributed by atoms with Gasteiger partial charge in [0.15, 0.2) is 0 Å². The van der Waals surface area contributed by atoms with Gasteiger partial charge in [-0.3, -0.25) is 4.90 Å². The highest BCUT2D eigenvalue weighted by atomic mass is 35.5. The van der Waals surface area contributed by atoms with Crippen molar-refractivity contribution in [1.82, 2.24) is 9.88 Å². The van der Waals surface area contributed by atoms with Gasteiger partial charge in [-0.2, -0.15) is 0 Å². The molecule has 0 amide bonds. The van der Waals surface area contributed by atoms with E-state index in [1.54, 1.807) is 6.20 Å². The Morgan fingerprint density at radius 2 is 2.10 bits per heavy atom. The zero-order valence-electron chi connectivity index (χ0n) is 11.1. The van der Waals surface area contributed by atoms with Crippen LogP contribution in [0.5, 0.6) is 0 Å². The molecule has 104 valence electrons. The van der Waals surface area contributed by atoms with Crippen LogP contribution in [0.2, 0.25) is 10.2 Å². The van der Waals surface area contributed by atoms with Crippen molar-refractivity contribution in [2.75, 3.05) is 6.54 Å². The van der Waals surface area contributed by atoms with Gasteiger partial charge in [-0.1, -0.05) is 35.3 Å². The Morgan fingerprint density at radius 1 is 1.20 bits per heavy atom. The van der Waals surface area contributed by atoms with Crippen LogP contribution in [0.3, 0.4) is 0 Å². The number of likely N-dealkylation sites (tertiary alicyclic amines) is 1. The summed E-state index contributed by atoms with van der Waals surface area (Å²) in [4.78, 5) is 6.52. The highest BCUT2D eigenvalue weighted by molar-refractivity contribution is 6.30. The second-order valence-corrected chi connectivity index (χ2v) is 5.99. The first-order valence-corrected chi connectivity index (χ1v) is 7.58. The van der Waals surface area contributed by atoms with E-state index in [1.165, 1.54) is 24.0 Å². The Labute approximate surface area is 129 Å². The number of aromatic nitrogens is 1. The molecule has 2 aromatic rings. The zero-order valence-corrected chi connectivity index (χ0v) is 12.6. The normalized spacial score (nSPS) is 19.4. The zero-order chi connectivity index (χ0) is 13.9. The van der Waals surface area contributed by atoms with Crippen molar-refractivity contribution in [1.29, 1.82) is 0 Å². The molecule has 0 N–H and O–H groups in total. The van der Waals surface area contributed by atoms with Crippen LogP contribution in [0.1, 0.15) is 30.0 Å². The van der Waals surface area contributed by atoms with Crippen molar-refractivity contribution in [3.8, 4) is 0 Å². The molecule has 1 aromatic heterocycles. The summed E-state index contributed by atoms with van der Waals surface area (Å²) < 4.78 is 0. The van der Waals surface area contributed by atoms with Crippen LogP contribution >= 0.6 is 23.2 Å². The van der Waals surface area contributed by atoms with Gasteiger partial charge in [0.1, 0.15) is 5.15 Å². The smallest absolute Gasteiger partial charge is 0.129 e. The van der Waals surface area contributed by atoms with Crippen molar-refractivity contribution in [2.24, 2.45) is 0 Å². The van der Waals surface area contributed by atoms with Crippen LogP contribution in [-0.4, -0.2) is 16.4 Å². The average Bonchev–Trinajstić information content (AvgIpc) is 2.87. The number of rotatable bonds is 3. The highest BCUT2D eigenvalue weighted by Gasteiger charge is 2.26. The molecule has 1 unspecified atom stereocenters. The number of hydrogen-bond acceptors (Lipinski definition) is 2. The number of hydrogen-bond donors (Lipinski definition) is 0. The van der Waals surface area contributed by atoms with E-state index in [1.807, 2.05) is 24.3 Å². The van der Waals surface area contributed by atoms with Crippen LogP contribution in [0.15, 0.2) is 42.6 Å². The minimum atomic E-state index is 0.445. The fourth-order valence-corrected chi connectivity index (χ4v) is 3.28. The third kappa shape index (κ3) is 3.14. The molecule has 1 saturated heterocycles. The van der Waals surface area contributed by atoms with Crippen molar-refractivity contribution in [3.05, 3.63) is 63.9 Å². The van der Waals surface area contributed by atoms with E-state index < -0.39 is 0 Å². The van der Waals surface area contributed by atoms with E-state index in [4.69, 9.17) is 23.2 Å². The van der Waals surface area contributed by atoms with Gasteiger partial charge in [0, 0.05) is 23.8 Å². The summed E-state index contributed by atoms with van der Waals surface area (Å²) in [6.45, 7) is 2.01. The molecule has 1 aliphatic heterocycles. The summed E-state index contributed by atoms with van der Waals surface area (Å²) in [5.41, 5.74) is 2.51. The van der Waals surface area contributed by atoms with Gasteiger partial charge in [-0.05, 0) is 54.8 Å². The Hall–Kier alpha value is -1.09. The van der Waals surface area contributed by atoms with Gasteiger partial charge >= 0.3 is 0 Å². The molecule has 0 spiro atoms. The molecule has 0 saturated carbocycles. The SMILES string of the molecule is Clc1cccc(C2CCCN2Cc2ccnc(Cl)c2)c1. The van der Waals surface area contributed by atoms with Crippen molar-refractivity contribution >= 4 is 23.2 Å². The molecular formula is C16H16Cl2N2. The monoisotopic (exact) mass is 306 g/mol. The molecule has 4 heteroatoms. The van der Waals surface area contributed by atoms with Gasteiger partial charge in [0.25, 0.3) is 0 Å². The van der Waals surface area contributed by atoms with Gasteiger partial charge in [0.2, 0.25) is 0 Å². The molecule has 0 aliphatic carbocycles. The molecule has 20 heavy (non-hydrogen) atoms. The van der Waals surface area contributed by atoms with E-state index in [0.29, 0.717) is 11.2 Å². The average molecular weight is 307 g/mol. The van der Waals surface area contributed by atoms with E-state index in [0.717, 1.165) is 18.1 Å². The number of pyridine rings is 1. The minimum Gasteiger partial charge on any atom is -0.292 e. The fourth-order valence-electron chi connectivity index (χ4n) is 2.88. The molecule has 2 nitrogen and oxygen atoms in total. The van der Waals surface area contributed by atoms with Crippen molar-refractivity contribution in [3.63, 3.8) is 0 Å². The van der Waals surface area contributed by atoms with Gasteiger partial charge in [-0.25, -0.2) is 4.98 Å². The largest absolute Gasteiger partial charge is 0.292 e. The summed E-state index contributed by atoms with van der Waals surface area (Å²) in [6.07, 6.45) is 4.16. The Morgan fingerprint density at radius 3 is 2.90 bits per heavy atom. The predicted octanol–water partition coefficient (Wildman–Crippen LogP) is 4.73. The fraction of sp³-hybridized carbons (Fsp3) is 0.312. The number of benzene rings is 1. The molecule has 1 aromatic carbocycles. The number of halogens is 2. The second-order valence-electron chi connectivity index (χ2n) is 5.17. The number of nitrogens with zero attached hydrogens (tertiary/aromatic N) is 2. The summed E-state index contributed by atoms with van der Waals surface area (Å²) in [7, 11) is 0. The first kappa shape index (κ1) is 13.9. The topological polar surface area (TPSA) is 16.1 Å². The van der Waals surface area contributed by atoms with Crippen molar-refractivity contribution in [2.45, 2.75) is 25.4 Å². The molecule has 3 rings (SSSR count). The van der Waals surface area contributed by atoms with Gasteiger partial charge in [-0.15, -0.1) is 0 Å². The standard InChI is InChI=1S/C16H16Cl2N2/c17-14-4-1-3-13(10-14)15-5-2-8-20(15)11-12-6-7-19-16(18)9-12/h1,3-4,6-7,9-10,15H,2,5,8,11H2. The molecule has 1 atom stereocenters. The first-order valence-electron chi connectivity index (χ1n) is 6.82. The lowest BCUT2D eigenvalue weighted by atomic mass is 10.0. The molecule has 2 heterocycles. The van der Waals surface area contributed by atoms with Crippen LogP contribution in [-0.2, 0) is 6.54 Å². The van der Waals surface area contributed by atoms with Crippen LogP contribution in [0.4, 0.5) is 0 Å². The Bertz CT molecular complexity index is 601. The lowest BCUT2D eigenvalue weighted by molar-refractivity contribution is 0.248. The minimum absolute atomic E-state index is 0.445. The third-order valence-electron chi connectivity index (χ3n) is 3.77. The highest BCUT2D eigenvalue weighted by Crippen LogP contribution is 2.34. The quantitative estimate of drug-likeness (QED) is 0.762. The van der Waals surface area contributed by atoms with Crippen LogP contribution < -0.4 is 0 Å². The van der Waals surface area contributed by atoms with E-state index in [2.05, 4.69) is 22.0 Å². The van der Waals surface area contributed by atoms with E-state index in [9.17, 15) is 0 Å². The maximum absolute atomic E-state index is 6.11. The summed E-state index contributed by atoms with van der Waals surface area (Å²) in [5, 5.41) is 1.36. The van der Waals surface area contributed by atoms with Crippen LogP contribution in [0.25, 0.3) is 0 Å².